The van der Waals surface area contributed by atoms with Crippen molar-refractivity contribution in [3.05, 3.63) is 94.8 Å². The van der Waals surface area contributed by atoms with Crippen molar-refractivity contribution in [2.45, 2.75) is 52.1 Å². The molecule has 0 unspecified atom stereocenters. The second-order valence-corrected chi connectivity index (χ2v) is 11.0. The summed E-state index contributed by atoms with van der Waals surface area (Å²) in [4.78, 5) is 29.3. The number of nitrogens with one attached hydrogen (secondary N) is 1. The van der Waals surface area contributed by atoms with Crippen LogP contribution >= 0.6 is 0 Å². The maximum Gasteiger partial charge on any atom is 0.262 e. The fraction of sp³-hybridized carbons (Fsp3) is 0.394. The molecule has 2 aromatic heterocycles. The maximum absolute atomic E-state index is 13.5. The summed E-state index contributed by atoms with van der Waals surface area (Å²) in [6.07, 6.45) is 7.93. The van der Waals surface area contributed by atoms with Crippen LogP contribution in [0.4, 0.5) is 0 Å². The predicted octanol–water partition coefficient (Wildman–Crippen LogP) is 6.04. The highest BCUT2D eigenvalue weighted by Gasteiger charge is 2.31. The molecule has 1 N–H and O–H groups in total. The monoisotopic (exact) mass is 541 g/mol. The molecule has 40 heavy (non-hydrogen) atoms. The van der Waals surface area contributed by atoms with Crippen LogP contribution < -0.4 is 15.6 Å². The summed E-state index contributed by atoms with van der Waals surface area (Å²) in [6.45, 7) is 6.92. The summed E-state index contributed by atoms with van der Waals surface area (Å²) >= 11 is 0. The molecule has 0 aliphatic heterocycles. The summed E-state index contributed by atoms with van der Waals surface area (Å²) in [6, 6.07) is 19.0. The SMILES string of the molecule is COc1ccc(-n2cc(C(=O)NCCCN(Cc3ccco3)[C@@H]3CCC[C@@H](C)[C@H]3C)c3ccccc3c2=O)cc1. The number of nitrogens with zero attached hydrogens (tertiary/aromatic N) is 2. The Morgan fingerprint density at radius 1 is 1.05 bits per heavy atom. The zero-order chi connectivity index (χ0) is 28.1. The van der Waals surface area contributed by atoms with Crippen molar-refractivity contribution in [2.75, 3.05) is 20.2 Å². The summed E-state index contributed by atoms with van der Waals surface area (Å²) in [7, 11) is 1.60. The molecule has 210 valence electrons. The Morgan fingerprint density at radius 2 is 1.82 bits per heavy atom. The van der Waals surface area contributed by atoms with Crippen LogP contribution in [0.2, 0.25) is 0 Å². The van der Waals surface area contributed by atoms with Gasteiger partial charge in [-0.25, -0.2) is 0 Å². The molecular formula is C33H39N3O4. The number of hydrogen-bond donors (Lipinski definition) is 1. The Hall–Kier alpha value is -3.84. The van der Waals surface area contributed by atoms with Crippen LogP contribution in [0, 0.1) is 11.8 Å². The van der Waals surface area contributed by atoms with E-state index in [1.807, 2.05) is 42.5 Å². The highest BCUT2D eigenvalue weighted by Crippen LogP contribution is 2.33. The lowest BCUT2D eigenvalue weighted by Gasteiger charge is -2.41. The minimum absolute atomic E-state index is 0.165. The number of carbonyl (C=O) groups is 1. The van der Waals surface area contributed by atoms with Crippen molar-refractivity contribution in [1.82, 2.24) is 14.8 Å². The number of ether oxygens (including phenoxy) is 1. The number of methoxy groups -OCH3 is 1. The maximum atomic E-state index is 13.5. The van der Waals surface area contributed by atoms with Gasteiger partial charge in [-0.2, -0.15) is 0 Å². The zero-order valence-corrected chi connectivity index (χ0v) is 23.6. The van der Waals surface area contributed by atoms with E-state index in [2.05, 4.69) is 24.1 Å². The molecule has 2 aromatic carbocycles. The molecule has 1 fully saturated rings. The highest BCUT2D eigenvalue weighted by atomic mass is 16.5. The first-order valence-electron chi connectivity index (χ1n) is 14.3. The van der Waals surface area contributed by atoms with Crippen molar-refractivity contribution < 1.29 is 13.9 Å². The first-order valence-corrected chi connectivity index (χ1v) is 14.3. The number of furan rings is 1. The second-order valence-electron chi connectivity index (χ2n) is 11.0. The van der Waals surface area contributed by atoms with Gasteiger partial charge in [0.25, 0.3) is 11.5 Å². The van der Waals surface area contributed by atoms with E-state index in [4.69, 9.17) is 9.15 Å². The molecule has 7 heteroatoms. The molecule has 1 aliphatic carbocycles. The van der Waals surface area contributed by atoms with E-state index in [9.17, 15) is 9.59 Å². The summed E-state index contributed by atoms with van der Waals surface area (Å²) < 4.78 is 12.5. The number of fused-ring (bicyclic) bond motifs is 1. The fourth-order valence-electron chi connectivity index (χ4n) is 6.02. The molecule has 0 spiro atoms. The van der Waals surface area contributed by atoms with Crippen LogP contribution in [0.15, 0.2) is 82.3 Å². The van der Waals surface area contributed by atoms with Gasteiger partial charge in [-0.05, 0) is 67.1 Å². The van der Waals surface area contributed by atoms with Crippen LogP contribution in [0.3, 0.4) is 0 Å². The van der Waals surface area contributed by atoms with E-state index in [0.29, 0.717) is 52.2 Å². The van der Waals surface area contributed by atoms with Crippen molar-refractivity contribution >= 4 is 16.7 Å². The quantitative estimate of drug-likeness (QED) is 0.248. The zero-order valence-electron chi connectivity index (χ0n) is 23.6. The Bertz CT molecular complexity index is 1480. The number of aromatic nitrogens is 1. The standard InChI is InChI=1S/C33H39N3O4/c1-23-9-6-13-31(24(23)2)35(21-27-10-7-20-40-27)19-8-18-34-32(37)30-22-36(25-14-16-26(39-3)17-15-25)33(38)29-12-5-4-11-28(29)30/h4-5,7,10-12,14-17,20,22-24,31H,6,8-9,13,18-19,21H2,1-3H3,(H,34,37)/t23-,24-,31-/m1/s1. The first kappa shape index (κ1) is 27.7. The van der Waals surface area contributed by atoms with Crippen LogP contribution in [0.25, 0.3) is 16.5 Å². The summed E-state index contributed by atoms with van der Waals surface area (Å²) in [5, 5.41) is 4.28. The molecule has 4 aromatic rings. The van der Waals surface area contributed by atoms with Gasteiger partial charge in [0.05, 0.1) is 25.5 Å². The average molecular weight is 542 g/mol. The largest absolute Gasteiger partial charge is 0.497 e. The van der Waals surface area contributed by atoms with Gasteiger partial charge in [0.1, 0.15) is 11.5 Å². The van der Waals surface area contributed by atoms with Gasteiger partial charge in [0, 0.05) is 41.8 Å². The molecule has 0 radical (unpaired) electrons. The van der Waals surface area contributed by atoms with Crippen LogP contribution in [0.5, 0.6) is 5.75 Å². The fourth-order valence-corrected chi connectivity index (χ4v) is 6.02. The number of carbonyl (C=O) groups excluding carboxylic acids is 1. The molecule has 2 heterocycles. The third kappa shape index (κ3) is 5.99. The number of hydrogen-bond acceptors (Lipinski definition) is 5. The molecule has 0 saturated heterocycles. The van der Waals surface area contributed by atoms with E-state index in [-0.39, 0.29) is 11.5 Å². The topological polar surface area (TPSA) is 76.7 Å². The van der Waals surface area contributed by atoms with Gasteiger partial charge in [-0.1, -0.05) is 44.9 Å². The lowest BCUT2D eigenvalue weighted by atomic mass is 9.77. The molecule has 3 atom stereocenters. The number of benzene rings is 2. The molecule has 1 saturated carbocycles. The molecule has 1 amide bonds. The molecular weight excluding hydrogens is 502 g/mol. The molecule has 5 rings (SSSR count). The number of rotatable bonds is 10. The minimum Gasteiger partial charge on any atom is -0.497 e. The lowest BCUT2D eigenvalue weighted by molar-refractivity contribution is 0.0680. The predicted molar refractivity (Wildman–Crippen MR) is 158 cm³/mol. The van der Waals surface area contributed by atoms with E-state index < -0.39 is 0 Å². The number of pyridine rings is 1. The normalized spacial score (nSPS) is 19.1. The molecule has 0 bridgehead atoms. The Morgan fingerprint density at radius 3 is 2.55 bits per heavy atom. The summed E-state index contributed by atoms with van der Waals surface area (Å²) in [5.74, 6) is 2.81. The Balaban J connectivity index is 1.31. The van der Waals surface area contributed by atoms with Crippen molar-refractivity contribution in [1.29, 1.82) is 0 Å². The first-order chi connectivity index (χ1) is 19.5. The Labute approximate surface area is 235 Å². The van der Waals surface area contributed by atoms with E-state index in [1.165, 1.54) is 23.8 Å². The molecule has 1 aliphatic rings. The van der Waals surface area contributed by atoms with E-state index >= 15 is 0 Å². The molecule has 7 nitrogen and oxygen atoms in total. The minimum atomic E-state index is -0.185. The van der Waals surface area contributed by atoms with Gasteiger partial charge >= 0.3 is 0 Å². The van der Waals surface area contributed by atoms with Gasteiger partial charge in [0.2, 0.25) is 0 Å². The van der Waals surface area contributed by atoms with Gasteiger partial charge < -0.3 is 14.5 Å². The second kappa shape index (κ2) is 12.6. The van der Waals surface area contributed by atoms with Gasteiger partial charge in [-0.3, -0.25) is 19.1 Å². The average Bonchev–Trinajstić information content (AvgIpc) is 3.50. The van der Waals surface area contributed by atoms with Gasteiger partial charge in [0.15, 0.2) is 0 Å². The van der Waals surface area contributed by atoms with Crippen molar-refractivity contribution in [2.24, 2.45) is 11.8 Å². The third-order valence-corrected chi connectivity index (χ3v) is 8.50. The highest BCUT2D eigenvalue weighted by molar-refractivity contribution is 6.06. The lowest BCUT2D eigenvalue weighted by Crippen LogP contribution is -2.44. The van der Waals surface area contributed by atoms with Crippen LogP contribution in [-0.2, 0) is 6.54 Å². The van der Waals surface area contributed by atoms with Crippen molar-refractivity contribution in [3.8, 4) is 11.4 Å². The number of amides is 1. The van der Waals surface area contributed by atoms with Crippen LogP contribution in [0.1, 0.15) is 55.6 Å². The van der Waals surface area contributed by atoms with Crippen molar-refractivity contribution in [3.63, 3.8) is 0 Å². The summed E-state index contributed by atoms with van der Waals surface area (Å²) in [5.41, 5.74) is 0.991. The third-order valence-electron chi connectivity index (χ3n) is 8.50. The van der Waals surface area contributed by atoms with Gasteiger partial charge in [-0.15, -0.1) is 0 Å². The van der Waals surface area contributed by atoms with E-state index in [0.717, 1.165) is 25.3 Å². The smallest absolute Gasteiger partial charge is 0.262 e. The van der Waals surface area contributed by atoms with E-state index in [1.54, 1.807) is 37.8 Å². The Kier molecular flexibility index (Phi) is 8.70. The van der Waals surface area contributed by atoms with Crippen LogP contribution in [-0.4, -0.2) is 41.6 Å².